The van der Waals surface area contributed by atoms with Crippen molar-refractivity contribution in [3.05, 3.63) is 71.0 Å². The highest BCUT2D eigenvalue weighted by Gasteiger charge is 2.36. The lowest BCUT2D eigenvalue weighted by Gasteiger charge is -2.47. The van der Waals surface area contributed by atoms with Gasteiger partial charge in [0.25, 0.3) is 5.91 Å². The number of amides is 2. The number of carbonyl (C=O) groups excluding carboxylic acids is 2. The Kier molecular flexibility index (Phi) is 11.2. The molecule has 1 aromatic carbocycles. The van der Waals surface area contributed by atoms with Crippen LogP contribution in [-0.4, -0.2) is 86.2 Å². The van der Waals surface area contributed by atoms with E-state index in [1.807, 2.05) is 6.92 Å². The topological polar surface area (TPSA) is 158 Å². The van der Waals surface area contributed by atoms with E-state index < -0.39 is 33.1 Å². The average molecular weight is 708 g/mol. The summed E-state index contributed by atoms with van der Waals surface area (Å²) in [4.78, 5) is 32.4. The molecular formula is C33H44F3N7O5S. The molecule has 12 nitrogen and oxygen atoms in total. The minimum atomic E-state index is -4.78. The first-order valence-corrected chi connectivity index (χ1v) is 18.4. The monoisotopic (exact) mass is 707 g/mol. The van der Waals surface area contributed by atoms with Gasteiger partial charge in [0.05, 0.1) is 18.8 Å². The van der Waals surface area contributed by atoms with E-state index in [2.05, 4.69) is 31.2 Å². The van der Waals surface area contributed by atoms with Gasteiger partial charge in [0, 0.05) is 56.9 Å². The van der Waals surface area contributed by atoms with Crippen molar-refractivity contribution in [3.8, 4) is 5.75 Å². The van der Waals surface area contributed by atoms with E-state index >= 15 is 0 Å². The van der Waals surface area contributed by atoms with Crippen molar-refractivity contribution in [2.45, 2.75) is 63.8 Å². The number of rotatable bonds is 11. The Morgan fingerprint density at radius 3 is 2.35 bits per heavy atom. The largest absolute Gasteiger partial charge is 0.495 e. The van der Waals surface area contributed by atoms with Gasteiger partial charge in [-0.2, -0.15) is 22.4 Å². The molecule has 2 aliphatic rings. The van der Waals surface area contributed by atoms with Crippen molar-refractivity contribution in [2.75, 3.05) is 43.8 Å². The fraction of sp³-hybridized carbons (Fsp3) is 0.455. The second-order valence-corrected chi connectivity index (χ2v) is 16.8. The number of aromatic nitrogens is 2. The predicted molar refractivity (Wildman–Crippen MR) is 184 cm³/mol. The third kappa shape index (κ3) is 10.1. The van der Waals surface area contributed by atoms with Gasteiger partial charge in [0.1, 0.15) is 17.1 Å². The highest BCUT2D eigenvalue weighted by Crippen LogP contribution is 2.36. The standard InChI is InChI=1S/C33H44F3N7O5S/c1-20-7-9-23(28(16-8-20)43(3)49(5,6,46)47)18-37-30-26(33(34,35)36)19-38-32(42-30)41-27-15-10-22(17-29(27)48-4)31(45)40-25-13-11-24(12-14-25)39-21(2)44/h7-10,15-17,19,24-25,28H,11-14,18H2,1-6H3,(H,39,44)(H,40,45)(H,46,47)(H2,37,38,41,42). The van der Waals surface area contributed by atoms with Crippen molar-refractivity contribution < 1.29 is 36.3 Å². The summed E-state index contributed by atoms with van der Waals surface area (Å²) in [5, 5.41) is 11.6. The molecule has 0 saturated heterocycles. The van der Waals surface area contributed by atoms with E-state index in [0.717, 1.165) is 31.3 Å². The lowest BCUT2D eigenvalue weighted by atomic mass is 9.91. The summed E-state index contributed by atoms with van der Waals surface area (Å²) in [6.07, 6.45) is 8.22. The van der Waals surface area contributed by atoms with Gasteiger partial charge in [-0.3, -0.25) is 14.1 Å². The summed E-state index contributed by atoms with van der Waals surface area (Å²) >= 11 is 0. The zero-order chi connectivity index (χ0) is 36.2. The molecule has 1 unspecified atom stereocenters. The Hall–Kier alpha value is -4.28. The fourth-order valence-electron chi connectivity index (χ4n) is 5.57. The maximum atomic E-state index is 14.0. The number of hydrogen-bond donors (Lipinski definition) is 5. The Balaban J connectivity index is 1.52. The van der Waals surface area contributed by atoms with Crippen molar-refractivity contribution in [3.63, 3.8) is 0 Å². The first-order chi connectivity index (χ1) is 22.8. The number of halogens is 3. The molecule has 2 aliphatic carbocycles. The lowest BCUT2D eigenvalue weighted by molar-refractivity contribution is -0.137. The predicted octanol–water partition coefficient (Wildman–Crippen LogP) is 5.05. The smallest absolute Gasteiger partial charge is 0.421 e. The van der Waals surface area contributed by atoms with Crippen LogP contribution in [0.25, 0.3) is 0 Å². The number of ether oxygens (including phenoxy) is 1. The Morgan fingerprint density at radius 2 is 1.76 bits per heavy atom. The average Bonchev–Trinajstić information content (AvgIpc) is 3.19. The molecule has 1 fully saturated rings. The molecule has 0 spiro atoms. The molecule has 1 heterocycles. The van der Waals surface area contributed by atoms with E-state index in [9.17, 15) is 31.5 Å². The van der Waals surface area contributed by atoms with Gasteiger partial charge in [-0.25, -0.2) is 9.29 Å². The zero-order valence-electron chi connectivity index (χ0n) is 28.4. The van der Waals surface area contributed by atoms with E-state index in [4.69, 9.17) is 4.74 Å². The number of nitrogens with zero attached hydrogens (tertiary/aromatic N) is 3. The summed E-state index contributed by atoms with van der Waals surface area (Å²) in [5.74, 6) is -0.813. The van der Waals surface area contributed by atoms with Crippen LogP contribution in [0.4, 0.5) is 30.6 Å². The molecule has 49 heavy (non-hydrogen) atoms. The van der Waals surface area contributed by atoms with Crippen LogP contribution < -0.4 is 26.0 Å². The quantitative estimate of drug-likeness (QED) is 0.216. The minimum absolute atomic E-state index is 0.0496. The van der Waals surface area contributed by atoms with Crippen LogP contribution in [-0.2, 0) is 20.5 Å². The number of likely N-dealkylation sites (N-methyl/N-ethyl adjacent to an activating group) is 1. The second kappa shape index (κ2) is 14.7. The summed E-state index contributed by atoms with van der Waals surface area (Å²) in [6.45, 7) is 3.19. The zero-order valence-corrected chi connectivity index (χ0v) is 29.2. The van der Waals surface area contributed by atoms with Gasteiger partial charge < -0.3 is 26.0 Å². The number of anilines is 3. The normalized spacial score (nSPS) is 20.6. The highest BCUT2D eigenvalue weighted by atomic mass is 32.3. The molecule has 4 rings (SSSR count). The molecule has 2 aromatic rings. The van der Waals surface area contributed by atoms with Crippen LogP contribution in [0.3, 0.4) is 0 Å². The third-order valence-corrected chi connectivity index (χ3v) is 10.3. The number of benzene rings is 1. The highest BCUT2D eigenvalue weighted by molar-refractivity contribution is 8.11. The Bertz CT molecular complexity index is 1720. The van der Waals surface area contributed by atoms with Crippen LogP contribution in [0.1, 0.15) is 55.5 Å². The fourth-order valence-corrected chi connectivity index (χ4v) is 6.42. The van der Waals surface area contributed by atoms with Gasteiger partial charge in [0.2, 0.25) is 11.9 Å². The van der Waals surface area contributed by atoms with Crippen LogP contribution in [0.2, 0.25) is 0 Å². The van der Waals surface area contributed by atoms with Gasteiger partial charge in [-0.1, -0.05) is 29.9 Å². The van der Waals surface area contributed by atoms with Crippen molar-refractivity contribution in [1.82, 2.24) is 24.9 Å². The van der Waals surface area contributed by atoms with Crippen molar-refractivity contribution in [1.29, 1.82) is 0 Å². The van der Waals surface area contributed by atoms with E-state index in [-0.39, 0.29) is 42.1 Å². The van der Waals surface area contributed by atoms with Crippen LogP contribution in [0.5, 0.6) is 5.75 Å². The van der Waals surface area contributed by atoms with Gasteiger partial charge >= 0.3 is 6.18 Å². The van der Waals surface area contributed by atoms with Crippen molar-refractivity contribution >= 4 is 38.8 Å². The molecule has 5 N–H and O–H groups in total. The SMILES string of the molecule is COc1cc(C(=O)NC2CCC(NC(C)=O)CC2)ccc1Nc1ncc(C(F)(F)F)c(NCC2=CC=C(C)C=CC2N(C)S(C)(C)(=O)O)n1. The van der Waals surface area contributed by atoms with Gasteiger partial charge in [-0.05, 0) is 56.4 Å². The van der Waals surface area contributed by atoms with Gasteiger partial charge in [0.15, 0.2) is 0 Å². The number of hydrogen-bond acceptors (Lipinski definition) is 8. The van der Waals surface area contributed by atoms with Crippen LogP contribution in [0.15, 0.2) is 59.8 Å². The molecular weight excluding hydrogens is 663 g/mol. The maximum absolute atomic E-state index is 14.0. The summed E-state index contributed by atoms with van der Waals surface area (Å²) in [7, 11) is -1.33. The van der Waals surface area contributed by atoms with Crippen LogP contribution in [0, 0.1) is 0 Å². The van der Waals surface area contributed by atoms with E-state index in [0.29, 0.717) is 23.0 Å². The number of allylic oxidation sites excluding steroid dienone is 4. The summed E-state index contributed by atoms with van der Waals surface area (Å²) in [5.41, 5.74) is 0.929. The van der Waals surface area contributed by atoms with E-state index in [1.54, 1.807) is 36.4 Å². The molecule has 16 heteroatoms. The summed E-state index contributed by atoms with van der Waals surface area (Å²) < 4.78 is 72.6. The molecule has 1 saturated carbocycles. The Morgan fingerprint density at radius 1 is 1.10 bits per heavy atom. The van der Waals surface area contributed by atoms with Gasteiger partial charge in [-0.15, -0.1) is 9.53 Å². The lowest BCUT2D eigenvalue weighted by Crippen LogP contribution is -2.51. The number of nitrogens with one attached hydrogen (secondary N) is 4. The molecule has 0 bridgehead atoms. The number of methoxy groups -OCH3 is 1. The first-order valence-electron chi connectivity index (χ1n) is 15.7. The number of alkyl halides is 3. The second-order valence-electron chi connectivity index (χ2n) is 12.8. The molecule has 1 atom stereocenters. The third-order valence-electron chi connectivity index (χ3n) is 8.43. The molecule has 1 aromatic heterocycles. The van der Waals surface area contributed by atoms with E-state index in [1.165, 1.54) is 44.0 Å². The molecule has 0 radical (unpaired) electrons. The maximum Gasteiger partial charge on any atom is 0.421 e. The molecule has 2 amide bonds. The summed E-state index contributed by atoms with van der Waals surface area (Å²) in [6, 6.07) is 3.96. The van der Waals surface area contributed by atoms with Crippen LogP contribution >= 0.6 is 0 Å². The Labute approximate surface area is 284 Å². The number of carbonyl (C=O) groups is 2. The molecule has 268 valence electrons. The molecule has 0 aliphatic heterocycles. The minimum Gasteiger partial charge on any atom is -0.495 e. The first kappa shape index (κ1) is 37.5. The van der Waals surface area contributed by atoms with Crippen molar-refractivity contribution in [2.24, 2.45) is 0 Å².